The molecule has 1 aromatic carbocycles. The third kappa shape index (κ3) is 1.74. The van der Waals surface area contributed by atoms with E-state index in [2.05, 4.69) is 26.8 Å². The molecule has 2 heteroatoms. The van der Waals surface area contributed by atoms with Gasteiger partial charge in [0.2, 0.25) is 0 Å². The van der Waals surface area contributed by atoms with Crippen LogP contribution in [0.3, 0.4) is 0 Å². The molecule has 3 atom stereocenters. The Labute approximate surface area is 121 Å². The molecule has 0 amide bonds. The van der Waals surface area contributed by atoms with E-state index in [0.717, 1.165) is 31.2 Å². The molecular formula is C18H26O2. The average molecular weight is 274 g/mol. The second-order valence-electron chi connectivity index (χ2n) is 7.68. The number of phenols is 1. The van der Waals surface area contributed by atoms with Gasteiger partial charge in [0.1, 0.15) is 5.75 Å². The van der Waals surface area contributed by atoms with Crippen molar-refractivity contribution < 1.29 is 10.2 Å². The number of rotatable bonds is 0. The molecule has 0 aromatic heterocycles. The van der Waals surface area contributed by atoms with Crippen molar-refractivity contribution in [2.75, 3.05) is 0 Å². The first-order chi connectivity index (χ1) is 9.26. The van der Waals surface area contributed by atoms with Crippen molar-refractivity contribution in [2.24, 2.45) is 11.3 Å². The monoisotopic (exact) mass is 274 g/mol. The van der Waals surface area contributed by atoms with Crippen LogP contribution in [0.25, 0.3) is 0 Å². The van der Waals surface area contributed by atoms with Gasteiger partial charge in [-0.05, 0) is 72.1 Å². The highest BCUT2D eigenvalue weighted by molar-refractivity contribution is 5.47. The molecule has 2 nitrogen and oxygen atoms in total. The summed E-state index contributed by atoms with van der Waals surface area (Å²) in [5.41, 5.74) is 3.72. The largest absolute Gasteiger partial charge is 0.508 e. The van der Waals surface area contributed by atoms with Crippen LogP contribution in [0.15, 0.2) is 12.1 Å². The van der Waals surface area contributed by atoms with E-state index in [1.807, 2.05) is 13.0 Å². The SMILES string of the molecule is Cc1cc2c(cc1O)[C@@]1(C)CC[C@@H](O)C(C)(C)[C@H]1CC2. The van der Waals surface area contributed by atoms with Crippen molar-refractivity contribution in [3.63, 3.8) is 0 Å². The van der Waals surface area contributed by atoms with Crippen LogP contribution >= 0.6 is 0 Å². The van der Waals surface area contributed by atoms with Gasteiger partial charge in [-0.15, -0.1) is 0 Å². The van der Waals surface area contributed by atoms with Crippen molar-refractivity contribution in [2.45, 2.75) is 64.9 Å². The molecule has 110 valence electrons. The van der Waals surface area contributed by atoms with Gasteiger partial charge in [-0.2, -0.15) is 0 Å². The number of aliphatic hydroxyl groups excluding tert-OH is 1. The molecular weight excluding hydrogens is 248 g/mol. The third-order valence-corrected chi connectivity index (χ3v) is 6.20. The Morgan fingerprint density at radius 1 is 1.15 bits per heavy atom. The van der Waals surface area contributed by atoms with Crippen LogP contribution in [-0.2, 0) is 11.8 Å². The second kappa shape index (κ2) is 4.24. The van der Waals surface area contributed by atoms with E-state index >= 15 is 0 Å². The Morgan fingerprint density at radius 3 is 2.55 bits per heavy atom. The molecule has 0 radical (unpaired) electrons. The Hall–Kier alpha value is -1.02. The minimum atomic E-state index is -0.207. The zero-order valence-corrected chi connectivity index (χ0v) is 13.0. The van der Waals surface area contributed by atoms with Gasteiger partial charge < -0.3 is 10.2 Å². The first-order valence-corrected chi connectivity index (χ1v) is 7.78. The molecule has 1 saturated carbocycles. The molecule has 3 rings (SSSR count). The number of aromatic hydroxyl groups is 1. The van der Waals surface area contributed by atoms with Crippen LogP contribution in [0.1, 0.15) is 56.7 Å². The first kappa shape index (κ1) is 13.9. The van der Waals surface area contributed by atoms with E-state index in [9.17, 15) is 10.2 Å². The summed E-state index contributed by atoms with van der Waals surface area (Å²) < 4.78 is 0. The molecule has 2 N–H and O–H groups in total. The highest BCUT2D eigenvalue weighted by Gasteiger charge is 2.53. The predicted molar refractivity (Wildman–Crippen MR) is 81.0 cm³/mol. The topological polar surface area (TPSA) is 40.5 Å². The number of fused-ring (bicyclic) bond motifs is 3. The zero-order chi connectivity index (χ0) is 14.7. The van der Waals surface area contributed by atoms with E-state index in [-0.39, 0.29) is 16.9 Å². The molecule has 2 aliphatic carbocycles. The molecule has 0 bridgehead atoms. The first-order valence-electron chi connectivity index (χ1n) is 7.78. The molecule has 2 aliphatic rings. The van der Waals surface area contributed by atoms with Gasteiger partial charge in [0.05, 0.1) is 6.10 Å². The van der Waals surface area contributed by atoms with Crippen molar-refractivity contribution >= 4 is 0 Å². The van der Waals surface area contributed by atoms with Gasteiger partial charge >= 0.3 is 0 Å². The van der Waals surface area contributed by atoms with Crippen molar-refractivity contribution in [1.82, 2.24) is 0 Å². The summed E-state index contributed by atoms with van der Waals surface area (Å²) in [6, 6.07) is 4.15. The molecule has 1 aromatic rings. The van der Waals surface area contributed by atoms with Crippen LogP contribution in [0.4, 0.5) is 0 Å². The van der Waals surface area contributed by atoms with E-state index in [4.69, 9.17) is 0 Å². The van der Waals surface area contributed by atoms with E-state index < -0.39 is 0 Å². The van der Waals surface area contributed by atoms with Gasteiger partial charge in [0.15, 0.2) is 0 Å². The van der Waals surface area contributed by atoms with Crippen LogP contribution in [0.5, 0.6) is 5.75 Å². The molecule has 1 fully saturated rings. The van der Waals surface area contributed by atoms with Crippen molar-refractivity contribution in [3.05, 3.63) is 28.8 Å². The zero-order valence-electron chi connectivity index (χ0n) is 13.0. The lowest BCUT2D eigenvalue weighted by atomic mass is 9.49. The summed E-state index contributed by atoms with van der Waals surface area (Å²) in [7, 11) is 0. The number of benzene rings is 1. The Kier molecular flexibility index (Phi) is 2.95. The van der Waals surface area contributed by atoms with Gasteiger partial charge in [0, 0.05) is 0 Å². The van der Waals surface area contributed by atoms with E-state index in [1.165, 1.54) is 11.1 Å². The normalized spacial score (nSPS) is 35.2. The predicted octanol–water partition coefficient (Wildman–Crippen LogP) is 3.70. The number of hydrogen-bond acceptors (Lipinski definition) is 2. The van der Waals surface area contributed by atoms with Crippen molar-refractivity contribution in [3.8, 4) is 5.75 Å². The van der Waals surface area contributed by atoms with E-state index in [1.54, 1.807) is 0 Å². The van der Waals surface area contributed by atoms with Crippen molar-refractivity contribution in [1.29, 1.82) is 0 Å². The standard InChI is InChI=1S/C18H26O2/c1-11-9-12-5-6-15-17(2,3)16(20)7-8-18(15,4)13(12)10-14(11)19/h9-10,15-16,19-20H,5-8H2,1-4H3/t15-,16-,18-/m1/s1. The van der Waals surface area contributed by atoms with E-state index in [0.29, 0.717) is 11.7 Å². The van der Waals surface area contributed by atoms with Gasteiger partial charge in [-0.25, -0.2) is 0 Å². The minimum absolute atomic E-state index is 0.0504. The summed E-state index contributed by atoms with van der Waals surface area (Å²) in [6.45, 7) is 8.72. The molecule has 0 heterocycles. The van der Waals surface area contributed by atoms with Gasteiger partial charge in [0.25, 0.3) is 0 Å². The fourth-order valence-corrected chi connectivity index (χ4v) is 4.84. The lowest BCUT2D eigenvalue weighted by molar-refractivity contribution is -0.0731. The fraction of sp³-hybridized carbons (Fsp3) is 0.667. The Balaban J connectivity index is 2.14. The second-order valence-corrected chi connectivity index (χ2v) is 7.68. The molecule has 20 heavy (non-hydrogen) atoms. The van der Waals surface area contributed by atoms with Gasteiger partial charge in [-0.1, -0.05) is 26.8 Å². The number of aliphatic hydroxyl groups is 1. The van der Waals surface area contributed by atoms with Crippen LogP contribution in [0, 0.1) is 18.3 Å². The molecule has 0 saturated heterocycles. The molecule has 0 spiro atoms. The summed E-state index contributed by atoms with van der Waals surface area (Å²) in [4.78, 5) is 0. The lowest BCUT2D eigenvalue weighted by Crippen LogP contribution is -2.53. The smallest absolute Gasteiger partial charge is 0.118 e. The van der Waals surface area contributed by atoms with Crippen LogP contribution < -0.4 is 0 Å². The van der Waals surface area contributed by atoms with Gasteiger partial charge in [-0.3, -0.25) is 0 Å². The summed E-state index contributed by atoms with van der Waals surface area (Å²) >= 11 is 0. The molecule has 0 unspecified atom stereocenters. The third-order valence-electron chi connectivity index (χ3n) is 6.20. The Morgan fingerprint density at radius 2 is 1.85 bits per heavy atom. The highest BCUT2D eigenvalue weighted by atomic mass is 16.3. The van der Waals surface area contributed by atoms with Crippen LogP contribution in [0.2, 0.25) is 0 Å². The Bertz CT molecular complexity index is 547. The molecule has 0 aliphatic heterocycles. The maximum atomic E-state index is 10.4. The summed E-state index contributed by atoms with van der Waals surface area (Å²) in [5.74, 6) is 0.892. The van der Waals surface area contributed by atoms with Crippen LogP contribution in [-0.4, -0.2) is 16.3 Å². The number of hydrogen-bond donors (Lipinski definition) is 2. The maximum Gasteiger partial charge on any atom is 0.118 e. The minimum Gasteiger partial charge on any atom is -0.508 e. The lowest BCUT2D eigenvalue weighted by Gasteiger charge is -2.56. The summed E-state index contributed by atoms with van der Waals surface area (Å²) in [6.07, 6.45) is 3.86. The summed E-state index contributed by atoms with van der Waals surface area (Å²) in [5, 5.41) is 20.5. The quantitative estimate of drug-likeness (QED) is 0.757. The maximum absolute atomic E-state index is 10.4. The fourth-order valence-electron chi connectivity index (χ4n) is 4.84. The number of aryl methyl sites for hydroxylation is 2. The number of phenolic OH excluding ortho intramolecular Hbond substituents is 1. The average Bonchev–Trinajstić information content (AvgIpc) is 2.37. The highest BCUT2D eigenvalue weighted by Crippen LogP contribution is 2.57.